The first-order chi connectivity index (χ1) is 47.2. The largest absolute Gasteiger partial charge is 0.480 e. The molecule has 100 heavy (non-hydrogen) atoms. The van der Waals surface area contributed by atoms with Gasteiger partial charge in [-0.15, -0.1) is 0 Å². The Balaban J connectivity index is 2.27. The van der Waals surface area contributed by atoms with Crippen LogP contribution in [0.5, 0.6) is 0 Å². The van der Waals surface area contributed by atoms with Crippen molar-refractivity contribution in [3.05, 3.63) is 71.8 Å². The van der Waals surface area contributed by atoms with E-state index in [9.17, 15) is 72.5 Å². The van der Waals surface area contributed by atoms with Crippen LogP contribution < -0.4 is 81.0 Å². The van der Waals surface area contributed by atoms with Crippen molar-refractivity contribution in [1.29, 1.82) is 0 Å². The molecule has 0 aliphatic heterocycles. The predicted octanol–water partition coefficient (Wildman–Crippen LogP) is -0.535. The fraction of sp³-hybridized carbons (Fsp3) is 0.643. The summed E-state index contributed by atoms with van der Waals surface area (Å²) < 4.78 is 0. The number of nitrogens with two attached hydrogens (primary N) is 3. The van der Waals surface area contributed by atoms with Crippen LogP contribution in [-0.2, 0) is 75.2 Å². The van der Waals surface area contributed by atoms with E-state index in [0.29, 0.717) is 31.2 Å². The molecule has 0 fully saturated rings. The number of nitrogens with one attached hydrogen (secondary N) is 12. The highest BCUT2D eigenvalue weighted by atomic mass is 16.4. The molecule has 0 aliphatic carbocycles. The highest BCUT2D eigenvalue weighted by molar-refractivity contribution is 5.99. The minimum Gasteiger partial charge on any atom is -0.480 e. The van der Waals surface area contributed by atoms with Gasteiger partial charge in [-0.1, -0.05) is 130 Å². The molecular formula is C70H115N15O15. The maximum Gasteiger partial charge on any atom is 0.326 e. The summed E-state index contributed by atoms with van der Waals surface area (Å²) in [4.78, 5) is 177. The number of hydrogen-bond donors (Lipinski definition) is 17. The first-order valence-corrected chi connectivity index (χ1v) is 34.8. The summed E-state index contributed by atoms with van der Waals surface area (Å²) >= 11 is 0. The van der Waals surface area contributed by atoms with Crippen molar-refractivity contribution in [2.75, 3.05) is 32.8 Å². The number of rotatable bonds is 48. The molecule has 20 N–H and O–H groups in total. The van der Waals surface area contributed by atoms with Gasteiger partial charge >= 0.3 is 5.97 Å². The highest BCUT2D eigenvalue weighted by Gasteiger charge is 2.36. The topological polar surface area (TPSA) is 485 Å². The zero-order chi connectivity index (χ0) is 75.2. The van der Waals surface area contributed by atoms with Gasteiger partial charge in [-0.3, -0.25) is 57.5 Å². The molecular weight excluding hydrogens is 1290 g/mol. The molecule has 12 amide bonds. The van der Waals surface area contributed by atoms with Gasteiger partial charge in [-0.25, -0.2) is 4.79 Å². The first-order valence-electron chi connectivity index (χ1n) is 34.8. The Morgan fingerprint density at radius 1 is 0.350 bits per heavy atom. The van der Waals surface area contributed by atoms with E-state index in [-0.39, 0.29) is 100 Å². The number of benzene rings is 2. The lowest BCUT2D eigenvalue weighted by Crippen LogP contribution is -2.60. The lowest BCUT2D eigenvalue weighted by molar-refractivity contribution is -0.143. The Bertz CT molecular complexity index is 2940. The molecule has 0 heterocycles. The summed E-state index contributed by atoms with van der Waals surface area (Å²) in [6, 6.07) is 3.93. The van der Waals surface area contributed by atoms with Crippen molar-refractivity contribution < 1.29 is 72.5 Å². The first kappa shape index (κ1) is 87.5. The van der Waals surface area contributed by atoms with Crippen molar-refractivity contribution in [2.45, 2.75) is 226 Å². The summed E-state index contributed by atoms with van der Waals surface area (Å²) in [6.45, 7) is 17.7. The molecule has 2 rings (SSSR count). The Morgan fingerprint density at radius 3 is 1.09 bits per heavy atom. The number of aliphatic hydroxyl groups is 1. The quantitative estimate of drug-likeness (QED) is 0.0370. The Kier molecular flexibility index (Phi) is 40.8. The zero-order valence-electron chi connectivity index (χ0n) is 60.2. The van der Waals surface area contributed by atoms with Gasteiger partial charge in [0.2, 0.25) is 70.9 Å². The van der Waals surface area contributed by atoms with Crippen LogP contribution in [0.25, 0.3) is 0 Å². The molecule has 0 bridgehead atoms. The molecule has 30 nitrogen and oxygen atoms in total. The van der Waals surface area contributed by atoms with Crippen LogP contribution in [-0.4, -0.2) is 186 Å². The maximum absolute atomic E-state index is 14.5. The third kappa shape index (κ3) is 34.9. The standard InChI is InChI=1S/C70H115N15O15/c1-40(2)30-51(81-61(90)48(73)35-46-22-14-12-15-23-46)63(92)75-37-58(87)76-45(11)60(89)80-53(32-42(5)6)66(95)83-55(36-47-24-16-13-17-25-47)68(97)78-49(26-18-20-28-71)62(91)74-38-59(88)77-52(31-41(3)4)65(94)85-57(39-86)69(98)79-50(27-19-21-29-72)64(93)82-54(33-43(7)8)67(96)84-56(70(99)100)34-44(9)10/h12-17,22-25,40-45,48-57,86H,18-21,26-39,71-73H2,1-11H3,(H,74,91)(H,75,92)(H,76,87)(H,77,88)(H,78,97)(H,79,98)(H,80,89)(H,81,90)(H,82,93)(H,83,95)(H,84,96)(H,85,94)(H,99,100)/t45-,48-,49-,50-,51-,52-,53-,54-,55-,56-,57-/m0/s1. The van der Waals surface area contributed by atoms with Crippen LogP contribution >= 0.6 is 0 Å². The zero-order valence-corrected chi connectivity index (χ0v) is 60.2. The lowest BCUT2D eigenvalue weighted by Gasteiger charge is -2.27. The summed E-state index contributed by atoms with van der Waals surface area (Å²) in [5, 5.41) is 51.3. The number of unbranched alkanes of at least 4 members (excludes halogenated alkanes) is 2. The van der Waals surface area contributed by atoms with Gasteiger partial charge in [0.05, 0.1) is 25.7 Å². The average Bonchev–Trinajstić information content (AvgIpc) is 0.869. The van der Waals surface area contributed by atoms with Crippen LogP contribution in [0.3, 0.4) is 0 Å². The number of carboxylic acids is 1. The van der Waals surface area contributed by atoms with Crippen molar-refractivity contribution >= 4 is 76.9 Å². The Morgan fingerprint density at radius 2 is 0.660 bits per heavy atom. The maximum atomic E-state index is 14.5. The van der Waals surface area contributed by atoms with Crippen LogP contribution in [0, 0.1) is 29.6 Å². The van der Waals surface area contributed by atoms with Gasteiger partial charge in [0.25, 0.3) is 0 Å². The molecule has 0 aromatic heterocycles. The molecule has 0 aliphatic rings. The van der Waals surface area contributed by atoms with Crippen molar-refractivity contribution in [3.8, 4) is 0 Å². The molecule has 0 unspecified atom stereocenters. The molecule has 0 spiro atoms. The van der Waals surface area contributed by atoms with E-state index in [4.69, 9.17) is 17.2 Å². The van der Waals surface area contributed by atoms with E-state index >= 15 is 0 Å². The van der Waals surface area contributed by atoms with Crippen LogP contribution in [0.2, 0.25) is 0 Å². The van der Waals surface area contributed by atoms with E-state index in [0.717, 1.165) is 5.56 Å². The normalized spacial score (nSPS) is 14.6. The van der Waals surface area contributed by atoms with E-state index in [1.54, 1.807) is 85.7 Å². The van der Waals surface area contributed by atoms with Crippen LogP contribution in [0.1, 0.15) is 158 Å². The number of aliphatic carboxylic acids is 1. The predicted molar refractivity (Wildman–Crippen MR) is 377 cm³/mol. The molecule has 2 aromatic rings. The highest BCUT2D eigenvalue weighted by Crippen LogP contribution is 2.15. The third-order valence-corrected chi connectivity index (χ3v) is 15.8. The molecule has 2 aromatic carbocycles. The molecule has 560 valence electrons. The average molecular weight is 1410 g/mol. The summed E-state index contributed by atoms with van der Waals surface area (Å²) in [5.41, 5.74) is 19.2. The summed E-state index contributed by atoms with van der Waals surface area (Å²) in [6.07, 6.45) is 2.33. The van der Waals surface area contributed by atoms with Crippen molar-refractivity contribution in [2.24, 2.45) is 46.8 Å². The van der Waals surface area contributed by atoms with E-state index < -0.39 is 163 Å². The molecule has 0 saturated carbocycles. The Hall–Kier alpha value is -8.61. The minimum absolute atomic E-state index is 0.00962. The van der Waals surface area contributed by atoms with Crippen LogP contribution in [0.4, 0.5) is 0 Å². The second-order valence-corrected chi connectivity index (χ2v) is 27.6. The molecule has 0 radical (unpaired) electrons. The number of carboxylic acid groups (broad SMARTS) is 1. The molecule has 11 atom stereocenters. The van der Waals surface area contributed by atoms with Crippen molar-refractivity contribution in [1.82, 2.24) is 63.8 Å². The monoisotopic (exact) mass is 1410 g/mol. The van der Waals surface area contributed by atoms with Gasteiger partial charge < -0.3 is 91.2 Å². The number of carbonyl (C=O) groups is 13. The number of aliphatic hydroxyl groups excluding tert-OH is 1. The third-order valence-electron chi connectivity index (χ3n) is 15.8. The summed E-state index contributed by atoms with van der Waals surface area (Å²) in [7, 11) is 0. The molecule has 0 saturated heterocycles. The second-order valence-electron chi connectivity index (χ2n) is 27.6. The van der Waals surface area contributed by atoms with Gasteiger partial charge in [0, 0.05) is 6.42 Å². The number of amides is 12. The van der Waals surface area contributed by atoms with Crippen molar-refractivity contribution in [3.63, 3.8) is 0 Å². The number of hydrogen-bond acceptors (Lipinski definition) is 17. The Labute approximate surface area is 588 Å². The lowest BCUT2D eigenvalue weighted by atomic mass is 9.99. The van der Waals surface area contributed by atoms with Gasteiger partial charge in [0.1, 0.15) is 60.4 Å². The number of carbonyl (C=O) groups excluding carboxylic acids is 12. The second kappa shape index (κ2) is 46.7. The van der Waals surface area contributed by atoms with Gasteiger partial charge in [-0.05, 0) is 138 Å². The van der Waals surface area contributed by atoms with Gasteiger partial charge in [0.15, 0.2) is 0 Å². The smallest absolute Gasteiger partial charge is 0.326 e. The van der Waals surface area contributed by atoms with E-state index in [2.05, 4.69) is 63.8 Å². The fourth-order valence-electron chi connectivity index (χ4n) is 10.6. The van der Waals surface area contributed by atoms with Gasteiger partial charge in [-0.2, -0.15) is 0 Å². The van der Waals surface area contributed by atoms with Crippen LogP contribution in [0.15, 0.2) is 60.7 Å². The SMILES string of the molecule is CC(C)C[C@H](NC(=O)[C@H](CC(C)C)NC(=O)[C@H](CCCCN)NC(=O)[C@H](CO)NC(=O)[C@H](CC(C)C)NC(=O)CNC(=O)[C@H](CCCCN)NC(=O)[C@H](Cc1ccccc1)NC(=O)[C@H](CC(C)C)NC(=O)[C@H](C)NC(=O)CNC(=O)[C@H](CC(C)C)NC(=O)[C@@H](N)Cc1ccccc1)C(=O)O. The summed E-state index contributed by atoms with van der Waals surface area (Å²) in [5.74, 6) is -11.3. The minimum atomic E-state index is -1.66. The van der Waals surface area contributed by atoms with E-state index in [1.807, 2.05) is 44.2 Å². The molecule has 30 heteroatoms. The fourth-order valence-corrected chi connectivity index (χ4v) is 10.6. The van der Waals surface area contributed by atoms with E-state index in [1.165, 1.54) is 6.92 Å².